The lowest BCUT2D eigenvalue weighted by molar-refractivity contribution is 0.865. The number of nitrogen functional groups attached to an aromatic ring is 1. The molecule has 0 aliphatic carbocycles. The van der Waals surface area contributed by atoms with Gasteiger partial charge in [0.1, 0.15) is 0 Å². The fourth-order valence-electron chi connectivity index (χ4n) is 1.79. The van der Waals surface area contributed by atoms with Crippen molar-refractivity contribution in [3.63, 3.8) is 0 Å². The predicted molar refractivity (Wildman–Crippen MR) is 76.5 cm³/mol. The largest absolute Gasteiger partial charge is 0.396 e. The Morgan fingerprint density at radius 1 is 1.17 bits per heavy atom. The second kappa shape index (κ2) is 5.54. The first kappa shape index (κ1) is 12.4. The third kappa shape index (κ3) is 3.00. The van der Waals surface area contributed by atoms with Crippen LogP contribution >= 0.6 is 0 Å². The summed E-state index contributed by atoms with van der Waals surface area (Å²) in [7, 11) is 0. The van der Waals surface area contributed by atoms with Crippen LogP contribution in [0.2, 0.25) is 0 Å². The van der Waals surface area contributed by atoms with Crippen molar-refractivity contribution < 1.29 is 0 Å². The predicted octanol–water partition coefficient (Wildman–Crippen LogP) is 3.40. The molecule has 1 aromatic heterocycles. The molecule has 0 bridgehead atoms. The molecule has 3 nitrogen and oxygen atoms in total. The Bertz CT molecular complexity index is 503. The molecule has 0 radical (unpaired) electrons. The summed E-state index contributed by atoms with van der Waals surface area (Å²) >= 11 is 0. The number of aromatic nitrogens is 1. The highest BCUT2D eigenvalue weighted by molar-refractivity contribution is 5.64. The summed E-state index contributed by atoms with van der Waals surface area (Å²) < 4.78 is 0. The average Bonchev–Trinajstić information content (AvgIpc) is 2.38. The van der Waals surface area contributed by atoms with Crippen LogP contribution in [0.15, 0.2) is 42.7 Å². The van der Waals surface area contributed by atoms with Crippen molar-refractivity contribution in [2.75, 3.05) is 11.1 Å². The molecule has 2 aromatic rings. The minimum Gasteiger partial charge on any atom is -0.396 e. The number of hydrogen-bond acceptors (Lipinski definition) is 3. The van der Waals surface area contributed by atoms with Crippen LogP contribution in [0.4, 0.5) is 11.4 Å². The van der Waals surface area contributed by atoms with Crippen molar-refractivity contribution in [1.82, 2.24) is 4.98 Å². The van der Waals surface area contributed by atoms with E-state index in [4.69, 9.17) is 5.73 Å². The Labute approximate surface area is 108 Å². The Hall–Kier alpha value is -2.03. The van der Waals surface area contributed by atoms with Crippen LogP contribution in [-0.2, 0) is 6.54 Å². The van der Waals surface area contributed by atoms with Crippen LogP contribution in [0, 0.1) is 0 Å². The van der Waals surface area contributed by atoms with Crippen molar-refractivity contribution in [3.8, 4) is 0 Å². The van der Waals surface area contributed by atoms with Gasteiger partial charge in [-0.1, -0.05) is 38.1 Å². The van der Waals surface area contributed by atoms with Crippen LogP contribution in [0.3, 0.4) is 0 Å². The highest BCUT2D eigenvalue weighted by Crippen LogP contribution is 2.18. The summed E-state index contributed by atoms with van der Waals surface area (Å²) in [6, 6.07) is 10.5. The Kier molecular flexibility index (Phi) is 3.82. The van der Waals surface area contributed by atoms with E-state index in [1.807, 2.05) is 6.07 Å². The Morgan fingerprint density at radius 2 is 1.89 bits per heavy atom. The molecule has 0 saturated carbocycles. The van der Waals surface area contributed by atoms with Gasteiger partial charge in [0.25, 0.3) is 0 Å². The summed E-state index contributed by atoms with van der Waals surface area (Å²) in [5, 5.41) is 3.31. The smallest absolute Gasteiger partial charge is 0.0736 e. The molecule has 0 atom stereocenters. The maximum Gasteiger partial charge on any atom is 0.0736 e. The molecule has 0 saturated heterocycles. The van der Waals surface area contributed by atoms with Crippen LogP contribution in [0.1, 0.15) is 30.9 Å². The van der Waals surface area contributed by atoms with Crippen LogP contribution in [0.5, 0.6) is 0 Å². The molecule has 1 heterocycles. The van der Waals surface area contributed by atoms with Crippen molar-refractivity contribution >= 4 is 11.4 Å². The van der Waals surface area contributed by atoms with E-state index in [1.165, 1.54) is 11.1 Å². The molecule has 1 aromatic carbocycles. The van der Waals surface area contributed by atoms with Gasteiger partial charge in [0, 0.05) is 12.7 Å². The molecule has 0 aliphatic heterocycles. The molecule has 0 spiro atoms. The third-order valence-electron chi connectivity index (χ3n) is 2.98. The van der Waals surface area contributed by atoms with E-state index in [2.05, 4.69) is 48.4 Å². The number of nitrogens with two attached hydrogens (primary N) is 1. The van der Waals surface area contributed by atoms with Crippen molar-refractivity contribution in [1.29, 1.82) is 0 Å². The van der Waals surface area contributed by atoms with Crippen LogP contribution in [-0.4, -0.2) is 4.98 Å². The molecule has 94 valence electrons. The molecule has 0 aliphatic rings. The minimum absolute atomic E-state index is 0.572. The molecule has 18 heavy (non-hydrogen) atoms. The van der Waals surface area contributed by atoms with Gasteiger partial charge < -0.3 is 11.1 Å². The molecule has 0 fully saturated rings. The maximum atomic E-state index is 5.82. The van der Waals surface area contributed by atoms with Gasteiger partial charge in [0.05, 0.1) is 17.6 Å². The Morgan fingerprint density at radius 3 is 2.50 bits per heavy atom. The summed E-state index contributed by atoms with van der Waals surface area (Å²) in [4.78, 5) is 3.97. The summed E-state index contributed by atoms with van der Waals surface area (Å²) in [5.41, 5.74) is 10.0. The van der Waals surface area contributed by atoms with Gasteiger partial charge in [-0.05, 0) is 23.1 Å². The SMILES string of the molecule is CC(C)c1ccc(CNc2ccncc2N)cc1. The highest BCUT2D eigenvalue weighted by Gasteiger charge is 2.00. The number of hydrogen-bond donors (Lipinski definition) is 2. The second-order valence-electron chi connectivity index (χ2n) is 4.71. The zero-order valence-electron chi connectivity index (χ0n) is 10.9. The van der Waals surface area contributed by atoms with Gasteiger partial charge >= 0.3 is 0 Å². The van der Waals surface area contributed by atoms with Gasteiger partial charge in [-0.25, -0.2) is 0 Å². The summed E-state index contributed by atoms with van der Waals surface area (Å²) in [6.07, 6.45) is 3.39. The fraction of sp³-hybridized carbons (Fsp3) is 0.267. The van der Waals surface area contributed by atoms with Gasteiger partial charge in [-0.2, -0.15) is 0 Å². The summed E-state index contributed by atoms with van der Waals surface area (Å²) in [6.45, 7) is 5.17. The number of benzene rings is 1. The minimum atomic E-state index is 0.572. The van der Waals surface area contributed by atoms with Crippen molar-refractivity contribution in [2.45, 2.75) is 26.3 Å². The molecular formula is C15H19N3. The van der Waals surface area contributed by atoms with Crippen molar-refractivity contribution in [3.05, 3.63) is 53.9 Å². The number of nitrogens with zero attached hydrogens (tertiary/aromatic N) is 1. The third-order valence-corrected chi connectivity index (χ3v) is 2.98. The fourth-order valence-corrected chi connectivity index (χ4v) is 1.79. The molecular weight excluding hydrogens is 222 g/mol. The monoisotopic (exact) mass is 241 g/mol. The first-order chi connectivity index (χ1) is 8.66. The van der Waals surface area contributed by atoms with Gasteiger partial charge in [0.2, 0.25) is 0 Å². The average molecular weight is 241 g/mol. The first-order valence-corrected chi connectivity index (χ1v) is 6.19. The number of pyridine rings is 1. The topological polar surface area (TPSA) is 50.9 Å². The van der Waals surface area contributed by atoms with E-state index in [9.17, 15) is 0 Å². The van der Waals surface area contributed by atoms with E-state index in [0.29, 0.717) is 11.6 Å². The molecule has 3 heteroatoms. The zero-order valence-corrected chi connectivity index (χ0v) is 10.9. The standard InChI is InChI=1S/C15H19N3/c1-11(2)13-5-3-12(4-6-13)9-18-15-7-8-17-10-14(15)16/h3-8,10-11H,9,16H2,1-2H3,(H,17,18). The number of anilines is 2. The van der Waals surface area contributed by atoms with Crippen LogP contribution < -0.4 is 11.1 Å². The second-order valence-corrected chi connectivity index (χ2v) is 4.71. The van der Waals surface area contributed by atoms with E-state index < -0.39 is 0 Å². The lowest BCUT2D eigenvalue weighted by atomic mass is 10.0. The Balaban J connectivity index is 2.00. The number of nitrogens with one attached hydrogen (secondary N) is 1. The van der Waals surface area contributed by atoms with E-state index in [1.54, 1.807) is 12.4 Å². The molecule has 0 amide bonds. The lowest BCUT2D eigenvalue weighted by Gasteiger charge is -2.10. The van der Waals surface area contributed by atoms with E-state index in [-0.39, 0.29) is 0 Å². The van der Waals surface area contributed by atoms with E-state index in [0.717, 1.165) is 12.2 Å². The summed E-state index contributed by atoms with van der Waals surface area (Å²) in [5.74, 6) is 0.572. The number of rotatable bonds is 4. The molecule has 3 N–H and O–H groups in total. The highest BCUT2D eigenvalue weighted by atomic mass is 14.9. The lowest BCUT2D eigenvalue weighted by Crippen LogP contribution is -2.02. The first-order valence-electron chi connectivity index (χ1n) is 6.19. The zero-order chi connectivity index (χ0) is 13.0. The van der Waals surface area contributed by atoms with Crippen LogP contribution in [0.25, 0.3) is 0 Å². The van der Waals surface area contributed by atoms with Gasteiger partial charge in [-0.3, -0.25) is 4.98 Å². The maximum absolute atomic E-state index is 5.82. The van der Waals surface area contributed by atoms with Gasteiger partial charge in [0.15, 0.2) is 0 Å². The van der Waals surface area contributed by atoms with Gasteiger partial charge in [-0.15, -0.1) is 0 Å². The normalized spacial score (nSPS) is 10.6. The van der Waals surface area contributed by atoms with E-state index >= 15 is 0 Å². The quantitative estimate of drug-likeness (QED) is 0.862. The van der Waals surface area contributed by atoms with Crippen molar-refractivity contribution in [2.24, 2.45) is 0 Å². The molecule has 0 unspecified atom stereocenters. The molecule has 2 rings (SSSR count).